The van der Waals surface area contributed by atoms with E-state index in [1.54, 1.807) is 0 Å². The molecule has 8 heteroatoms. The van der Waals surface area contributed by atoms with Crippen molar-refractivity contribution < 1.29 is 28.0 Å². The van der Waals surface area contributed by atoms with Crippen LogP contribution < -0.4 is 0 Å². The van der Waals surface area contributed by atoms with Gasteiger partial charge in [-0.3, -0.25) is 18.2 Å². The molecular weight excluding hydrogens is 218 g/mol. The second kappa shape index (κ2) is 5.25. The third kappa shape index (κ3) is 6.38. The van der Waals surface area contributed by atoms with Crippen molar-refractivity contribution in [2.75, 3.05) is 19.1 Å². The standard InChI is InChI=1S/C5H14O6P2/c1-3-12(6,7)10-5-11-13(8,9)4-2/h3-5H2,1-2H3,(H,6,7)(H,8,9). The molecule has 0 aliphatic rings. The molecule has 2 atom stereocenters. The van der Waals surface area contributed by atoms with Gasteiger partial charge in [0.25, 0.3) is 0 Å². The first-order valence-corrected chi connectivity index (χ1v) is 7.28. The summed E-state index contributed by atoms with van der Waals surface area (Å²) in [6.07, 6.45) is -0.115. The van der Waals surface area contributed by atoms with Gasteiger partial charge in [0.05, 0.1) is 0 Å². The molecule has 0 amide bonds. The highest BCUT2D eigenvalue weighted by atomic mass is 31.2. The molecule has 0 aliphatic carbocycles. The summed E-state index contributed by atoms with van der Waals surface area (Å²) >= 11 is 0. The molecule has 0 aromatic rings. The summed E-state index contributed by atoms with van der Waals surface area (Å²) in [5.41, 5.74) is 0. The van der Waals surface area contributed by atoms with E-state index in [1.807, 2.05) is 0 Å². The topological polar surface area (TPSA) is 93.1 Å². The third-order valence-electron chi connectivity index (χ3n) is 1.31. The number of hydrogen-bond donors (Lipinski definition) is 2. The van der Waals surface area contributed by atoms with Gasteiger partial charge < -0.3 is 9.79 Å². The molecule has 0 aromatic heterocycles. The van der Waals surface area contributed by atoms with Crippen molar-refractivity contribution in [3.05, 3.63) is 0 Å². The fourth-order valence-electron chi connectivity index (χ4n) is 0.371. The van der Waals surface area contributed by atoms with Crippen molar-refractivity contribution >= 4 is 15.2 Å². The zero-order chi connectivity index (χ0) is 10.5. The maximum atomic E-state index is 10.8. The Hall–Kier alpha value is 0.300. The van der Waals surface area contributed by atoms with Gasteiger partial charge in [-0.1, -0.05) is 13.8 Å². The smallest absolute Gasteiger partial charge is 0.324 e. The van der Waals surface area contributed by atoms with Gasteiger partial charge in [0.15, 0.2) is 6.79 Å². The fraction of sp³-hybridized carbons (Fsp3) is 1.00. The highest BCUT2D eigenvalue weighted by Gasteiger charge is 2.20. The summed E-state index contributed by atoms with van der Waals surface area (Å²) in [6.45, 7) is 2.31. The lowest BCUT2D eigenvalue weighted by Crippen LogP contribution is -1.99. The molecule has 6 nitrogen and oxygen atoms in total. The van der Waals surface area contributed by atoms with E-state index in [0.717, 1.165) is 0 Å². The summed E-state index contributed by atoms with van der Waals surface area (Å²) in [5.74, 6) is 0. The van der Waals surface area contributed by atoms with Crippen LogP contribution in [0.25, 0.3) is 0 Å². The first-order chi connectivity index (χ1) is 5.83. The Morgan fingerprint density at radius 3 is 1.54 bits per heavy atom. The molecular formula is C5H14O6P2. The van der Waals surface area contributed by atoms with Crippen LogP contribution in [0.3, 0.4) is 0 Å². The molecule has 2 N–H and O–H groups in total. The SMILES string of the molecule is CCP(=O)(O)OCOP(=O)(O)CC. The lowest BCUT2D eigenvalue weighted by Gasteiger charge is -2.12. The Bertz CT molecular complexity index is 215. The van der Waals surface area contributed by atoms with Crippen LogP contribution in [0.5, 0.6) is 0 Å². The molecule has 0 aromatic carbocycles. The summed E-state index contributed by atoms with van der Waals surface area (Å²) in [7, 11) is -7.25. The van der Waals surface area contributed by atoms with E-state index >= 15 is 0 Å². The van der Waals surface area contributed by atoms with Crippen LogP contribution in [0.1, 0.15) is 13.8 Å². The predicted molar refractivity (Wildman–Crippen MR) is 47.8 cm³/mol. The highest BCUT2D eigenvalue weighted by Crippen LogP contribution is 2.45. The van der Waals surface area contributed by atoms with Gasteiger partial charge in [-0.2, -0.15) is 0 Å². The lowest BCUT2D eigenvalue weighted by molar-refractivity contribution is 0.0952. The molecule has 80 valence electrons. The third-order valence-corrected chi connectivity index (χ3v) is 3.92. The maximum Gasteiger partial charge on any atom is 0.329 e. The van der Waals surface area contributed by atoms with Gasteiger partial charge in [0, 0.05) is 12.3 Å². The van der Waals surface area contributed by atoms with Gasteiger partial charge in [-0.05, 0) is 0 Å². The zero-order valence-corrected chi connectivity index (χ0v) is 9.33. The van der Waals surface area contributed by atoms with Crippen LogP contribution >= 0.6 is 15.2 Å². The molecule has 0 heterocycles. The lowest BCUT2D eigenvalue weighted by atomic mass is 11.0. The highest BCUT2D eigenvalue weighted by molar-refractivity contribution is 7.53. The molecule has 0 fully saturated rings. The van der Waals surface area contributed by atoms with Crippen LogP contribution in [0, 0.1) is 0 Å². The van der Waals surface area contributed by atoms with E-state index in [0.29, 0.717) is 0 Å². The van der Waals surface area contributed by atoms with Gasteiger partial charge in [-0.15, -0.1) is 0 Å². The molecule has 0 bridgehead atoms. The molecule has 0 aliphatic heterocycles. The first kappa shape index (κ1) is 13.3. The second-order valence-corrected chi connectivity index (χ2v) is 6.61. The van der Waals surface area contributed by atoms with Crippen LogP contribution in [0.2, 0.25) is 0 Å². The quantitative estimate of drug-likeness (QED) is 0.530. The summed E-state index contributed by atoms with van der Waals surface area (Å²) in [6, 6.07) is 0. The normalized spacial score (nSPS) is 20.6. The molecule has 0 radical (unpaired) electrons. The Labute approximate surface area is 76.9 Å². The van der Waals surface area contributed by atoms with Crippen LogP contribution in [-0.4, -0.2) is 28.9 Å². The van der Waals surface area contributed by atoms with Crippen molar-refractivity contribution in [1.29, 1.82) is 0 Å². The van der Waals surface area contributed by atoms with Gasteiger partial charge in [-0.25, -0.2) is 0 Å². The average molecular weight is 232 g/mol. The summed E-state index contributed by atoms with van der Waals surface area (Å²) in [4.78, 5) is 17.7. The number of rotatable bonds is 6. The van der Waals surface area contributed by atoms with Gasteiger partial charge >= 0.3 is 15.2 Å². The van der Waals surface area contributed by atoms with E-state index in [-0.39, 0.29) is 12.3 Å². The van der Waals surface area contributed by atoms with Crippen molar-refractivity contribution in [3.8, 4) is 0 Å². The molecule has 0 saturated carbocycles. The van der Waals surface area contributed by atoms with E-state index < -0.39 is 22.0 Å². The Kier molecular flexibility index (Phi) is 5.37. The molecule has 0 spiro atoms. The summed E-state index contributed by atoms with van der Waals surface area (Å²) < 4.78 is 30.4. The predicted octanol–water partition coefficient (Wildman–Crippen LogP) is 1.39. The second-order valence-electron chi connectivity index (χ2n) is 2.28. The van der Waals surface area contributed by atoms with Gasteiger partial charge in [0.2, 0.25) is 0 Å². The van der Waals surface area contributed by atoms with Crippen molar-refractivity contribution in [2.24, 2.45) is 0 Å². The largest absolute Gasteiger partial charge is 0.329 e. The first-order valence-electron chi connectivity index (χ1n) is 3.75. The maximum absolute atomic E-state index is 10.8. The zero-order valence-electron chi connectivity index (χ0n) is 7.54. The minimum absolute atomic E-state index is 0.0573. The van der Waals surface area contributed by atoms with E-state index in [2.05, 4.69) is 9.05 Å². The van der Waals surface area contributed by atoms with Crippen molar-refractivity contribution in [3.63, 3.8) is 0 Å². The fourth-order valence-corrected chi connectivity index (χ4v) is 1.25. The van der Waals surface area contributed by atoms with E-state index in [1.165, 1.54) is 13.8 Å². The minimum Gasteiger partial charge on any atom is -0.324 e. The Balaban J connectivity index is 3.81. The van der Waals surface area contributed by atoms with Crippen LogP contribution in [0.15, 0.2) is 0 Å². The minimum atomic E-state index is -3.63. The van der Waals surface area contributed by atoms with Crippen molar-refractivity contribution in [1.82, 2.24) is 0 Å². The van der Waals surface area contributed by atoms with E-state index in [9.17, 15) is 9.13 Å². The average Bonchev–Trinajstić information content (AvgIpc) is 2.04. The van der Waals surface area contributed by atoms with Crippen LogP contribution in [0.4, 0.5) is 0 Å². The summed E-state index contributed by atoms with van der Waals surface area (Å²) in [5, 5.41) is 0. The van der Waals surface area contributed by atoms with Crippen LogP contribution in [-0.2, 0) is 18.2 Å². The molecule has 0 saturated heterocycles. The van der Waals surface area contributed by atoms with Crippen molar-refractivity contribution in [2.45, 2.75) is 13.8 Å². The van der Waals surface area contributed by atoms with Gasteiger partial charge in [0.1, 0.15) is 0 Å². The Morgan fingerprint density at radius 2 is 1.31 bits per heavy atom. The number of hydrogen-bond acceptors (Lipinski definition) is 4. The molecule has 13 heavy (non-hydrogen) atoms. The van der Waals surface area contributed by atoms with E-state index in [4.69, 9.17) is 9.79 Å². The molecule has 0 rings (SSSR count). The molecule has 2 unspecified atom stereocenters. The monoisotopic (exact) mass is 232 g/mol. The Morgan fingerprint density at radius 1 is 1.00 bits per heavy atom.